The normalized spacial score (nSPS) is 47.2. The maximum atomic E-state index is 11.0. The molecule has 3 aliphatic rings. The molecule has 0 aromatic carbocycles. The molecule has 13 heavy (non-hydrogen) atoms. The van der Waals surface area contributed by atoms with Crippen LogP contribution in [0.4, 0.5) is 0 Å². The van der Waals surface area contributed by atoms with E-state index >= 15 is 0 Å². The summed E-state index contributed by atoms with van der Waals surface area (Å²) < 4.78 is 5.81. The third-order valence-electron chi connectivity index (χ3n) is 3.41. The van der Waals surface area contributed by atoms with Crippen molar-refractivity contribution < 1.29 is 9.53 Å². The number of carbonyl (C=O) groups is 1. The molecule has 4 nitrogen and oxygen atoms in total. The Kier molecular flexibility index (Phi) is 1.46. The largest absolute Gasteiger partial charge is 0.370 e. The summed E-state index contributed by atoms with van der Waals surface area (Å²) in [6, 6.07) is 0.721. The number of amides is 1. The average Bonchev–Trinajstić information content (AvgIpc) is 2.60. The Morgan fingerprint density at radius 3 is 3.08 bits per heavy atom. The lowest BCUT2D eigenvalue weighted by Gasteiger charge is -2.21. The summed E-state index contributed by atoms with van der Waals surface area (Å²) >= 11 is 0. The highest BCUT2D eigenvalue weighted by atomic mass is 16.5. The summed E-state index contributed by atoms with van der Waals surface area (Å²) in [7, 11) is 0. The SMILES string of the molecule is CC(=O)N[C@@H]1C2[C@@H]3CCN2C[C@H]1O3. The lowest BCUT2D eigenvalue weighted by molar-refractivity contribution is -0.119. The third kappa shape index (κ3) is 0.957. The van der Waals surface area contributed by atoms with Gasteiger partial charge >= 0.3 is 0 Å². The Labute approximate surface area is 77.2 Å². The molecule has 2 bridgehead atoms. The molecule has 1 unspecified atom stereocenters. The zero-order chi connectivity index (χ0) is 9.00. The van der Waals surface area contributed by atoms with E-state index in [1.54, 1.807) is 6.92 Å². The van der Waals surface area contributed by atoms with Gasteiger partial charge in [-0.25, -0.2) is 0 Å². The van der Waals surface area contributed by atoms with Crippen molar-refractivity contribution in [3.8, 4) is 0 Å². The Hall–Kier alpha value is -0.610. The molecule has 4 atom stereocenters. The lowest BCUT2D eigenvalue weighted by Crippen LogP contribution is -2.44. The van der Waals surface area contributed by atoms with Crippen molar-refractivity contribution >= 4 is 5.91 Å². The summed E-state index contributed by atoms with van der Waals surface area (Å²) in [6.45, 7) is 3.73. The average molecular weight is 182 g/mol. The molecular formula is C9H14N2O2. The molecule has 0 saturated carbocycles. The molecule has 3 fully saturated rings. The predicted molar refractivity (Wildman–Crippen MR) is 46.2 cm³/mol. The van der Waals surface area contributed by atoms with Gasteiger partial charge in [0, 0.05) is 20.0 Å². The second-order valence-corrected chi connectivity index (χ2v) is 4.21. The van der Waals surface area contributed by atoms with Crippen molar-refractivity contribution in [1.29, 1.82) is 0 Å². The van der Waals surface area contributed by atoms with Crippen LogP contribution in [0.15, 0.2) is 0 Å². The van der Waals surface area contributed by atoms with E-state index < -0.39 is 0 Å². The van der Waals surface area contributed by atoms with E-state index in [1.165, 1.54) is 0 Å². The molecule has 3 aliphatic heterocycles. The van der Waals surface area contributed by atoms with Crippen LogP contribution in [0.2, 0.25) is 0 Å². The van der Waals surface area contributed by atoms with E-state index in [2.05, 4.69) is 10.2 Å². The van der Waals surface area contributed by atoms with Gasteiger partial charge in [0.25, 0.3) is 0 Å². The topological polar surface area (TPSA) is 41.6 Å². The van der Waals surface area contributed by atoms with Gasteiger partial charge in [0.05, 0.1) is 24.3 Å². The summed E-state index contributed by atoms with van der Waals surface area (Å²) in [5.74, 6) is 0.0630. The molecule has 0 aliphatic carbocycles. The zero-order valence-electron chi connectivity index (χ0n) is 7.69. The highest BCUT2D eigenvalue weighted by Gasteiger charge is 2.57. The van der Waals surface area contributed by atoms with Crippen LogP contribution >= 0.6 is 0 Å². The maximum absolute atomic E-state index is 11.0. The van der Waals surface area contributed by atoms with Crippen LogP contribution in [0.25, 0.3) is 0 Å². The van der Waals surface area contributed by atoms with Crippen LogP contribution in [-0.4, -0.2) is 48.2 Å². The molecule has 3 saturated heterocycles. The van der Waals surface area contributed by atoms with E-state index in [0.29, 0.717) is 12.1 Å². The van der Waals surface area contributed by atoms with Crippen LogP contribution in [-0.2, 0) is 9.53 Å². The number of nitrogens with zero attached hydrogens (tertiary/aromatic N) is 1. The van der Waals surface area contributed by atoms with Gasteiger partial charge in [-0.3, -0.25) is 9.69 Å². The quantitative estimate of drug-likeness (QED) is 0.585. The van der Waals surface area contributed by atoms with Crippen LogP contribution in [0.3, 0.4) is 0 Å². The number of hydrogen-bond acceptors (Lipinski definition) is 3. The first-order chi connectivity index (χ1) is 6.25. The predicted octanol–water partition coefficient (Wildman–Crippen LogP) is -0.654. The summed E-state index contributed by atoms with van der Waals surface area (Å²) in [4.78, 5) is 13.4. The van der Waals surface area contributed by atoms with Crippen molar-refractivity contribution in [2.45, 2.75) is 37.6 Å². The first-order valence-corrected chi connectivity index (χ1v) is 4.92. The minimum Gasteiger partial charge on any atom is -0.370 e. The van der Waals surface area contributed by atoms with Gasteiger partial charge in [-0.15, -0.1) is 0 Å². The standard InChI is InChI=1S/C9H14N2O2/c1-5(12)10-8-7-4-11-3-2-6(13-7)9(8)11/h6-9H,2-4H2,1H3,(H,10,12)/t6-,7+,8-,9?/m0/s1. The van der Waals surface area contributed by atoms with Crippen molar-refractivity contribution in [1.82, 2.24) is 10.2 Å². The van der Waals surface area contributed by atoms with Gasteiger partial charge in [-0.1, -0.05) is 0 Å². The fraction of sp³-hybridized carbons (Fsp3) is 0.889. The Bertz CT molecular complexity index is 242. The minimum atomic E-state index is 0.0630. The zero-order valence-corrected chi connectivity index (χ0v) is 7.69. The third-order valence-corrected chi connectivity index (χ3v) is 3.41. The number of rotatable bonds is 1. The van der Waals surface area contributed by atoms with Gasteiger partial charge < -0.3 is 10.1 Å². The van der Waals surface area contributed by atoms with Crippen molar-refractivity contribution in [2.24, 2.45) is 0 Å². The Balaban J connectivity index is 1.81. The maximum Gasteiger partial charge on any atom is 0.217 e. The molecular weight excluding hydrogens is 168 g/mol. The fourth-order valence-electron chi connectivity index (χ4n) is 3.00. The number of morpholine rings is 1. The van der Waals surface area contributed by atoms with Crippen molar-refractivity contribution in [3.63, 3.8) is 0 Å². The molecule has 3 heterocycles. The molecule has 3 rings (SSSR count). The second-order valence-electron chi connectivity index (χ2n) is 4.21. The Morgan fingerprint density at radius 2 is 2.38 bits per heavy atom. The second kappa shape index (κ2) is 2.45. The molecule has 1 amide bonds. The molecule has 0 radical (unpaired) electrons. The first-order valence-electron chi connectivity index (χ1n) is 4.92. The van der Waals surface area contributed by atoms with E-state index in [9.17, 15) is 4.79 Å². The van der Waals surface area contributed by atoms with E-state index in [1.807, 2.05) is 0 Å². The van der Waals surface area contributed by atoms with Crippen LogP contribution in [0.1, 0.15) is 13.3 Å². The molecule has 0 aromatic heterocycles. The van der Waals surface area contributed by atoms with Gasteiger partial charge in [-0.2, -0.15) is 0 Å². The number of carbonyl (C=O) groups excluding carboxylic acids is 1. The molecule has 0 aromatic rings. The Morgan fingerprint density at radius 1 is 1.54 bits per heavy atom. The number of hydrogen-bond donors (Lipinski definition) is 1. The smallest absolute Gasteiger partial charge is 0.217 e. The van der Waals surface area contributed by atoms with Gasteiger partial charge in [0.1, 0.15) is 0 Å². The number of fused-ring (bicyclic) bond motifs is 1. The van der Waals surface area contributed by atoms with Gasteiger partial charge in [0.15, 0.2) is 0 Å². The highest BCUT2D eigenvalue weighted by molar-refractivity contribution is 5.73. The fourth-order valence-corrected chi connectivity index (χ4v) is 3.00. The summed E-state index contributed by atoms with van der Waals surface area (Å²) in [5.41, 5.74) is 0. The number of nitrogens with one attached hydrogen (secondary N) is 1. The van der Waals surface area contributed by atoms with Gasteiger partial charge in [0.2, 0.25) is 5.91 Å². The molecule has 0 spiro atoms. The monoisotopic (exact) mass is 182 g/mol. The molecule has 72 valence electrons. The van der Waals surface area contributed by atoms with E-state index in [4.69, 9.17) is 4.74 Å². The first kappa shape index (κ1) is 7.76. The molecule has 1 N–H and O–H groups in total. The minimum absolute atomic E-state index is 0.0630. The van der Waals surface area contributed by atoms with Crippen molar-refractivity contribution in [2.75, 3.05) is 13.1 Å². The summed E-state index contributed by atoms with van der Waals surface area (Å²) in [6.07, 6.45) is 1.77. The summed E-state index contributed by atoms with van der Waals surface area (Å²) in [5, 5.41) is 3.00. The van der Waals surface area contributed by atoms with Crippen LogP contribution in [0.5, 0.6) is 0 Å². The van der Waals surface area contributed by atoms with Crippen LogP contribution < -0.4 is 5.32 Å². The van der Waals surface area contributed by atoms with Crippen LogP contribution in [0, 0.1) is 0 Å². The number of ether oxygens (including phenoxy) is 1. The highest BCUT2D eigenvalue weighted by Crippen LogP contribution is 2.39. The van der Waals surface area contributed by atoms with E-state index in [-0.39, 0.29) is 18.1 Å². The van der Waals surface area contributed by atoms with Gasteiger partial charge in [-0.05, 0) is 6.42 Å². The van der Waals surface area contributed by atoms with Crippen molar-refractivity contribution in [3.05, 3.63) is 0 Å². The van der Waals surface area contributed by atoms with E-state index in [0.717, 1.165) is 19.5 Å². The lowest BCUT2D eigenvalue weighted by atomic mass is 10.1. The molecule has 4 heteroatoms.